The molecule has 0 aliphatic rings. The van der Waals surface area contributed by atoms with Gasteiger partial charge in [0.25, 0.3) is 0 Å². The van der Waals surface area contributed by atoms with Gasteiger partial charge < -0.3 is 0 Å². The first-order valence-electron chi connectivity index (χ1n) is 8.15. The first-order chi connectivity index (χ1) is 11.4. The van der Waals surface area contributed by atoms with Gasteiger partial charge in [-0.15, -0.1) is 0 Å². The van der Waals surface area contributed by atoms with Gasteiger partial charge in [-0.25, -0.2) is 0 Å². The monoisotopic (exact) mass is 298 g/mol. The molecule has 3 aromatic carbocycles. The molecule has 0 heteroatoms. The van der Waals surface area contributed by atoms with Crippen LogP contribution in [0.25, 0.3) is 0 Å². The highest BCUT2D eigenvalue weighted by molar-refractivity contribution is 5.50. The molecular weight excluding hydrogens is 276 g/mol. The molecule has 3 aromatic rings. The van der Waals surface area contributed by atoms with Crippen LogP contribution < -0.4 is 0 Å². The third-order valence-electron chi connectivity index (χ3n) is 4.46. The van der Waals surface area contributed by atoms with Gasteiger partial charge in [-0.1, -0.05) is 103 Å². The summed E-state index contributed by atoms with van der Waals surface area (Å²) in [5.41, 5.74) is 3.83. The highest BCUT2D eigenvalue weighted by Gasteiger charge is 2.34. The second-order valence-corrected chi connectivity index (χ2v) is 5.78. The average Bonchev–Trinajstić information content (AvgIpc) is 2.65. The van der Waals surface area contributed by atoms with Gasteiger partial charge in [-0.2, -0.15) is 0 Å². The third-order valence-corrected chi connectivity index (χ3v) is 4.46. The predicted molar refractivity (Wildman–Crippen MR) is 98.6 cm³/mol. The van der Waals surface area contributed by atoms with Crippen molar-refractivity contribution in [3.8, 4) is 0 Å². The Morgan fingerprint density at radius 3 is 1.26 bits per heavy atom. The number of benzene rings is 3. The highest BCUT2D eigenvalue weighted by Crippen LogP contribution is 2.42. The topological polar surface area (TPSA) is 0 Å². The molecule has 0 fully saturated rings. The van der Waals surface area contributed by atoms with Gasteiger partial charge in [-0.05, 0) is 30.0 Å². The minimum absolute atomic E-state index is 0.156. The van der Waals surface area contributed by atoms with Crippen LogP contribution in [0.3, 0.4) is 0 Å². The fourth-order valence-corrected chi connectivity index (χ4v) is 3.32. The third kappa shape index (κ3) is 2.98. The summed E-state index contributed by atoms with van der Waals surface area (Å²) in [7, 11) is 0. The van der Waals surface area contributed by atoms with Crippen LogP contribution in [0.5, 0.6) is 0 Å². The standard InChI is InChI=1S/C23H22/c1-2-3-19-23(20-13-7-4-8-14-20,21-15-9-5-10-16-21)22-17-11-6-12-18-22/h2-18H,19H2,1H3/b3-2+. The van der Waals surface area contributed by atoms with Crippen molar-refractivity contribution >= 4 is 0 Å². The van der Waals surface area contributed by atoms with Gasteiger partial charge in [0.2, 0.25) is 0 Å². The molecule has 3 rings (SSSR count). The molecule has 0 heterocycles. The summed E-state index contributed by atoms with van der Waals surface area (Å²) in [5, 5.41) is 0. The van der Waals surface area contributed by atoms with Crippen LogP contribution in [-0.2, 0) is 5.41 Å². The molecule has 0 aromatic heterocycles. The normalized spacial score (nSPS) is 11.7. The van der Waals surface area contributed by atoms with Crippen molar-refractivity contribution < 1.29 is 0 Å². The van der Waals surface area contributed by atoms with Gasteiger partial charge in [0, 0.05) is 5.41 Å². The van der Waals surface area contributed by atoms with Crippen LogP contribution in [0.1, 0.15) is 30.0 Å². The summed E-state index contributed by atoms with van der Waals surface area (Å²) in [4.78, 5) is 0. The van der Waals surface area contributed by atoms with E-state index in [1.54, 1.807) is 0 Å². The van der Waals surface area contributed by atoms with Gasteiger partial charge in [-0.3, -0.25) is 0 Å². The summed E-state index contributed by atoms with van der Waals surface area (Å²) in [6.07, 6.45) is 5.36. The summed E-state index contributed by atoms with van der Waals surface area (Å²) in [6, 6.07) is 32.5. The van der Waals surface area contributed by atoms with E-state index < -0.39 is 0 Å². The molecule has 0 aliphatic heterocycles. The lowest BCUT2D eigenvalue weighted by molar-refractivity contribution is 0.627. The van der Waals surface area contributed by atoms with Crippen LogP contribution >= 0.6 is 0 Å². The quantitative estimate of drug-likeness (QED) is 0.401. The zero-order chi connectivity index (χ0) is 16.0. The summed E-state index contributed by atoms with van der Waals surface area (Å²) in [5.74, 6) is 0. The maximum Gasteiger partial charge on any atom is 0.0485 e. The molecular formula is C23H22. The van der Waals surface area contributed by atoms with Crippen LogP contribution in [0.2, 0.25) is 0 Å². The molecule has 0 aliphatic carbocycles. The lowest BCUT2D eigenvalue weighted by Gasteiger charge is -2.35. The van der Waals surface area contributed by atoms with Crippen molar-refractivity contribution in [3.63, 3.8) is 0 Å². The maximum absolute atomic E-state index is 2.27. The van der Waals surface area contributed by atoms with E-state index in [9.17, 15) is 0 Å². The lowest BCUT2D eigenvalue weighted by Crippen LogP contribution is -2.28. The number of rotatable bonds is 5. The predicted octanol–water partition coefficient (Wildman–Crippen LogP) is 5.99. The molecule has 23 heavy (non-hydrogen) atoms. The zero-order valence-corrected chi connectivity index (χ0v) is 13.5. The van der Waals surface area contributed by atoms with E-state index >= 15 is 0 Å². The summed E-state index contributed by atoms with van der Waals surface area (Å²) in [6.45, 7) is 2.09. The molecule has 0 unspecified atom stereocenters. The van der Waals surface area contributed by atoms with Crippen LogP contribution in [0.15, 0.2) is 103 Å². The van der Waals surface area contributed by atoms with E-state index in [4.69, 9.17) is 0 Å². The Hall–Kier alpha value is -2.60. The van der Waals surface area contributed by atoms with Crippen molar-refractivity contribution in [2.45, 2.75) is 18.8 Å². The minimum Gasteiger partial charge on any atom is -0.0916 e. The molecule has 0 radical (unpaired) electrons. The molecule has 0 bridgehead atoms. The Bertz CT molecular complexity index is 643. The van der Waals surface area contributed by atoms with E-state index in [2.05, 4.69) is 110 Å². The second kappa shape index (κ2) is 7.11. The van der Waals surface area contributed by atoms with Crippen LogP contribution in [0.4, 0.5) is 0 Å². The fourth-order valence-electron chi connectivity index (χ4n) is 3.32. The Balaban J connectivity index is 2.30. The van der Waals surface area contributed by atoms with E-state index in [1.165, 1.54) is 16.7 Å². The number of hydrogen-bond acceptors (Lipinski definition) is 0. The number of hydrogen-bond donors (Lipinski definition) is 0. The highest BCUT2D eigenvalue weighted by atomic mass is 14.4. The molecule has 0 saturated heterocycles. The van der Waals surface area contributed by atoms with Gasteiger partial charge in [0.1, 0.15) is 0 Å². The molecule has 0 saturated carbocycles. The van der Waals surface area contributed by atoms with E-state index in [0.717, 1.165) is 6.42 Å². The largest absolute Gasteiger partial charge is 0.0916 e. The van der Waals surface area contributed by atoms with Gasteiger partial charge >= 0.3 is 0 Å². The van der Waals surface area contributed by atoms with Crippen molar-refractivity contribution in [1.29, 1.82) is 0 Å². The fraction of sp³-hybridized carbons (Fsp3) is 0.130. The van der Waals surface area contributed by atoms with Crippen molar-refractivity contribution in [1.82, 2.24) is 0 Å². The Labute approximate surface area is 139 Å². The Kier molecular flexibility index (Phi) is 4.73. The number of allylic oxidation sites excluding steroid dienone is 2. The Morgan fingerprint density at radius 1 is 0.609 bits per heavy atom. The smallest absolute Gasteiger partial charge is 0.0485 e. The molecule has 0 N–H and O–H groups in total. The van der Waals surface area contributed by atoms with Crippen molar-refractivity contribution in [2.24, 2.45) is 0 Å². The summed E-state index contributed by atoms with van der Waals surface area (Å²) >= 11 is 0. The Morgan fingerprint density at radius 2 is 0.957 bits per heavy atom. The second-order valence-electron chi connectivity index (χ2n) is 5.78. The van der Waals surface area contributed by atoms with Crippen molar-refractivity contribution in [2.75, 3.05) is 0 Å². The zero-order valence-electron chi connectivity index (χ0n) is 13.5. The molecule has 0 nitrogen and oxygen atoms in total. The first-order valence-corrected chi connectivity index (χ1v) is 8.15. The molecule has 0 amide bonds. The molecule has 0 spiro atoms. The molecule has 114 valence electrons. The van der Waals surface area contributed by atoms with E-state index in [-0.39, 0.29) is 5.41 Å². The minimum atomic E-state index is -0.156. The van der Waals surface area contributed by atoms with Crippen molar-refractivity contribution in [3.05, 3.63) is 120 Å². The van der Waals surface area contributed by atoms with Gasteiger partial charge in [0.15, 0.2) is 0 Å². The first kappa shape index (κ1) is 15.3. The molecule has 0 atom stereocenters. The van der Waals surface area contributed by atoms with Crippen LogP contribution in [-0.4, -0.2) is 0 Å². The van der Waals surface area contributed by atoms with E-state index in [1.807, 2.05) is 0 Å². The maximum atomic E-state index is 2.27. The van der Waals surface area contributed by atoms with Crippen LogP contribution in [0, 0.1) is 0 Å². The lowest BCUT2D eigenvalue weighted by atomic mass is 9.67. The van der Waals surface area contributed by atoms with Gasteiger partial charge in [0.05, 0.1) is 0 Å². The summed E-state index contributed by atoms with van der Waals surface area (Å²) < 4.78 is 0. The SMILES string of the molecule is C/C=C/CC(c1ccccc1)(c1ccccc1)c1ccccc1. The average molecular weight is 298 g/mol. The van der Waals surface area contributed by atoms with E-state index in [0.29, 0.717) is 0 Å².